The van der Waals surface area contributed by atoms with E-state index in [9.17, 15) is 4.39 Å². The summed E-state index contributed by atoms with van der Waals surface area (Å²) in [5, 5.41) is 3.57. The third-order valence-corrected chi connectivity index (χ3v) is 3.99. The van der Waals surface area contributed by atoms with Crippen molar-refractivity contribution in [3.63, 3.8) is 0 Å². The zero-order valence-corrected chi connectivity index (χ0v) is 13.7. The Morgan fingerprint density at radius 1 is 1.05 bits per heavy atom. The zero-order chi connectivity index (χ0) is 14.4. The van der Waals surface area contributed by atoms with Crippen molar-refractivity contribution in [2.24, 2.45) is 0 Å². The highest BCUT2D eigenvalue weighted by Crippen LogP contribution is 2.20. The van der Waals surface area contributed by atoms with E-state index in [4.69, 9.17) is 0 Å². The highest BCUT2D eigenvalue weighted by molar-refractivity contribution is 14.1. The van der Waals surface area contributed by atoms with E-state index in [0.29, 0.717) is 0 Å². The Labute approximate surface area is 133 Å². The second kappa shape index (κ2) is 7.74. The van der Waals surface area contributed by atoms with Gasteiger partial charge in [-0.3, -0.25) is 0 Å². The SMILES string of the molecule is CCCNC(Cc1ccc(F)cc1)c1ccc(I)cc1. The van der Waals surface area contributed by atoms with Crippen LogP contribution in [0.25, 0.3) is 0 Å². The Morgan fingerprint density at radius 3 is 2.30 bits per heavy atom. The Balaban J connectivity index is 2.14. The van der Waals surface area contributed by atoms with Gasteiger partial charge in [-0.1, -0.05) is 31.2 Å². The van der Waals surface area contributed by atoms with E-state index in [2.05, 4.69) is 59.1 Å². The highest BCUT2D eigenvalue weighted by atomic mass is 127. The molecule has 1 unspecified atom stereocenters. The molecule has 0 radical (unpaired) electrons. The molecule has 0 saturated heterocycles. The lowest BCUT2D eigenvalue weighted by Gasteiger charge is -2.19. The van der Waals surface area contributed by atoms with Crippen LogP contribution in [0.3, 0.4) is 0 Å². The molecule has 3 heteroatoms. The van der Waals surface area contributed by atoms with Gasteiger partial charge in [-0.25, -0.2) is 4.39 Å². The molecule has 0 bridgehead atoms. The summed E-state index contributed by atoms with van der Waals surface area (Å²) in [6, 6.07) is 15.6. The summed E-state index contributed by atoms with van der Waals surface area (Å²) in [7, 11) is 0. The number of benzene rings is 2. The molecule has 1 atom stereocenters. The molecule has 106 valence electrons. The lowest BCUT2D eigenvalue weighted by molar-refractivity contribution is 0.528. The third-order valence-electron chi connectivity index (χ3n) is 3.27. The zero-order valence-electron chi connectivity index (χ0n) is 11.6. The molecule has 20 heavy (non-hydrogen) atoms. The van der Waals surface area contributed by atoms with Crippen molar-refractivity contribution in [3.05, 3.63) is 69.0 Å². The van der Waals surface area contributed by atoms with E-state index in [1.54, 1.807) is 0 Å². The van der Waals surface area contributed by atoms with Gasteiger partial charge in [-0.2, -0.15) is 0 Å². The molecule has 1 N–H and O–H groups in total. The summed E-state index contributed by atoms with van der Waals surface area (Å²) in [6.07, 6.45) is 1.98. The van der Waals surface area contributed by atoms with Gasteiger partial charge in [0, 0.05) is 9.61 Å². The first kappa shape index (κ1) is 15.4. The van der Waals surface area contributed by atoms with Crippen LogP contribution < -0.4 is 5.32 Å². The monoisotopic (exact) mass is 383 g/mol. The molecule has 0 spiro atoms. The van der Waals surface area contributed by atoms with Crippen molar-refractivity contribution in [2.45, 2.75) is 25.8 Å². The summed E-state index contributed by atoms with van der Waals surface area (Å²) in [4.78, 5) is 0. The fourth-order valence-corrected chi connectivity index (χ4v) is 2.54. The van der Waals surface area contributed by atoms with Crippen LogP contribution in [0.2, 0.25) is 0 Å². The Kier molecular flexibility index (Phi) is 5.98. The fourth-order valence-electron chi connectivity index (χ4n) is 2.18. The van der Waals surface area contributed by atoms with Crippen molar-refractivity contribution < 1.29 is 4.39 Å². The fraction of sp³-hybridized carbons (Fsp3) is 0.294. The molecule has 0 fully saturated rings. The molecule has 0 aliphatic carbocycles. The standard InChI is InChI=1S/C17H19FIN/c1-2-11-20-17(14-5-9-16(19)10-6-14)12-13-3-7-15(18)8-4-13/h3-10,17,20H,2,11-12H2,1H3. The normalized spacial score (nSPS) is 12.3. The lowest BCUT2D eigenvalue weighted by Crippen LogP contribution is -2.24. The minimum Gasteiger partial charge on any atom is -0.310 e. The van der Waals surface area contributed by atoms with Crippen LogP contribution in [0.15, 0.2) is 48.5 Å². The molecule has 0 heterocycles. The van der Waals surface area contributed by atoms with E-state index in [-0.39, 0.29) is 11.9 Å². The molecule has 1 nitrogen and oxygen atoms in total. The van der Waals surface area contributed by atoms with Crippen LogP contribution in [-0.2, 0) is 6.42 Å². The maximum Gasteiger partial charge on any atom is 0.123 e. The molecular formula is C17H19FIN. The van der Waals surface area contributed by atoms with Gasteiger partial charge in [0.2, 0.25) is 0 Å². The number of nitrogens with one attached hydrogen (secondary N) is 1. The van der Waals surface area contributed by atoms with Gasteiger partial charge in [-0.15, -0.1) is 0 Å². The molecule has 0 saturated carbocycles. The van der Waals surface area contributed by atoms with Gasteiger partial charge >= 0.3 is 0 Å². The summed E-state index contributed by atoms with van der Waals surface area (Å²) in [5.74, 6) is -0.180. The molecule has 0 amide bonds. The highest BCUT2D eigenvalue weighted by Gasteiger charge is 2.11. The lowest BCUT2D eigenvalue weighted by atomic mass is 9.99. The van der Waals surface area contributed by atoms with Gasteiger partial charge < -0.3 is 5.32 Å². The number of halogens is 2. The van der Waals surface area contributed by atoms with Gasteiger partial charge in [0.25, 0.3) is 0 Å². The molecule has 0 aliphatic heterocycles. The second-order valence-electron chi connectivity index (χ2n) is 4.89. The third kappa shape index (κ3) is 4.56. The Hall–Kier alpha value is -0.940. The molecule has 2 rings (SSSR count). The van der Waals surface area contributed by atoms with Crippen LogP contribution in [-0.4, -0.2) is 6.54 Å². The first-order valence-electron chi connectivity index (χ1n) is 6.92. The Bertz CT molecular complexity index is 522. The van der Waals surface area contributed by atoms with Gasteiger partial charge in [0.15, 0.2) is 0 Å². The average Bonchev–Trinajstić information content (AvgIpc) is 2.46. The number of hydrogen-bond donors (Lipinski definition) is 1. The van der Waals surface area contributed by atoms with Crippen molar-refractivity contribution in [2.75, 3.05) is 6.54 Å². The molecule has 0 aromatic heterocycles. The van der Waals surface area contributed by atoms with Crippen molar-refractivity contribution in [1.82, 2.24) is 5.32 Å². The van der Waals surface area contributed by atoms with Crippen LogP contribution in [0.4, 0.5) is 4.39 Å². The molecule has 0 aliphatic rings. The van der Waals surface area contributed by atoms with Crippen molar-refractivity contribution >= 4 is 22.6 Å². The van der Waals surface area contributed by atoms with Crippen molar-refractivity contribution in [3.8, 4) is 0 Å². The van der Waals surface area contributed by atoms with E-state index in [1.807, 2.05) is 12.1 Å². The number of rotatable bonds is 6. The molecule has 2 aromatic carbocycles. The van der Waals surface area contributed by atoms with Crippen molar-refractivity contribution in [1.29, 1.82) is 0 Å². The second-order valence-corrected chi connectivity index (χ2v) is 6.13. The summed E-state index contributed by atoms with van der Waals surface area (Å²) < 4.78 is 14.2. The predicted molar refractivity (Wildman–Crippen MR) is 90.3 cm³/mol. The maximum absolute atomic E-state index is 13.0. The van der Waals surface area contributed by atoms with Crippen LogP contribution in [0.5, 0.6) is 0 Å². The van der Waals surface area contributed by atoms with Crippen LogP contribution in [0, 0.1) is 9.39 Å². The van der Waals surface area contributed by atoms with E-state index in [1.165, 1.54) is 21.3 Å². The number of hydrogen-bond acceptors (Lipinski definition) is 1. The summed E-state index contributed by atoms with van der Waals surface area (Å²) >= 11 is 2.31. The summed E-state index contributed by atoms with van der Waals surface area (Å²) in [5.41, 5.74) is 2.43. The first-order valence-corrected chi connectivity index (χ1v) is 8.00. The molecular weight excluding hydrogens is 364 g/mol. The minimum atomic E-state index is -0.180. The van der Waals surface area contributed by atoms with E-state index >= 15 is 0 Å². The van der Waals surface area contributed by atoms with E-state index < -0.39 is 0 Å². The largest absolute Gasteiger partial charge is 0.310 e. The van der Waals surface area contributed by atoms with Gasteiger partial charge in [0.05, 0.1) is 0 Å². The smallest absolute Gasteiger partial charge is 0.123 e. The quantitative estimate of drug-likeness (QED) is 0.713. The molecule has 2 aromatic rings. The minimum absolute atomic E-state index is 0.180. The Morgan fingerprint density at radius 2 is 1.70 bits per heavy atom. The summed E-state index contributed by atoms with van der Waals surface area (Å²) in [6.45, 7) is 3.15. The average molecular weight is 383 g/mol. The predicted octanol–water partition coefficient (Wildman–Crippen LogP) is 4.71. The topological polar surface area (TPSA) is 12.0 Å². The first-order chi connectivity index (χ1) is 9.69. The van der Waals surface area contributed by atoms with Crippen LogP contribution in [0.1, 0.15) is 30.5 Å². The van der Waals surface area contributed by atoms with Gasteiger partial charge in [0.1, 0.15) is 5.82 Å². The van der Waals surface area contributed by atoms with Crippen LogP contribution >= 0.6 is 22.6 Å². The van der Waals surface area contributed by atoms with E-state index in [0.717, 1.165) is 24.9 Å². The maximum atomic E-state index is 13.0. The van der Waals surface area contributed by atoms with Gasteiger partial charge in [-0.05, 0) is 77.4 Å².